The topological polar surface area (TPSA) is 12.9 Å². The van der Waals surface area contributed by atoms with Crippen LogP contribution in [0.4, 0.5) is 0 Å². The van der Waals surface area contributed by atoms with E-state index in [0.717, 1.165) is 5.69 Å². The van der Waals surface area contributed by atoms with Crippen molar-refractivity contribution < 1.29 is 0 Å². The van der Waals surface area contributed by atoms with Gasteiger partial charge in [-0.25, -0.2) is 0 Å². The molecule has 78 valence electrons. The first-order chi connectivity index (χ1) is 6.30. The molecule has 0 saturated heterocycles. The van der Waals surface area contributed by atoms with Gasteiger partial charge < -0.3 is 0 Å². The Morgan fingerprint density at radius 3 is 2.14 bits per heavy atom. The van der Waals surface area contributed by atoms with Crippen molar-refractivity contribution in [2.75, 3.05) is 0 Å². The zero-order chi connectivity index (χ0) is 10.9. The summed E-state index contributed by atoms with van der Waals surface area (Å²) >= 11 is 0. The molecule has 14 heavy (non-hydrogen) atoms. The molecule has 0 spiro atoms. The predicted octanol–water partition coefficient (Wildman–Crippen LogP) is 3.81. The van der Waals surface area contributed by atoms with Crippen LogP contribution < -0.4 is 0 Å². The molecule has 1 aromatic rings. The summed E-state index contributed by atoms with van der Waals surface area (Å²) in [6.45, 7) is 13.2. The molecule has 1 heteroatoms. The molecule has 1 heterocycles. The molecule has 0 saturated carbocycles. The van der Waals surface area contributed by atoms with Gasteiger partial charge >= 0.3 is 0 Å². The van der Waals surface area contributed by atoms with Gasteiger partial charge in [-0.2, -0.15) is 0 Å². The summed E-state index contributed by atoms with van der Waals surface area (Å²) in [6.07, 6.45) is 0. The van der Waals surface area contributed by atoms with Gasteiger partial charge in [-0.15, -0.1) is 0 Å². The maximum absolute atomic E-state index is 4.55. The normalized spacial score (nSPS) is 12.2. The molecule has 0 aliphatic carbocycles. The van der Waals surface area contributed by atoms with Crippen molar-refractivity contribution in [3.8, 4) is 0 Å². The monoisotopic (exact) mass is 191 g/mol. The number of aromatic nitrogens is 1. The van der Waals surface area contributed by atoms with Gasteiger partial charge in [0.1, 0.15) is 0 Å². The number of pyridine rings is 1. The molecule has 1 nitrogen and oxygen atoms in total. The van der Waals surface area contributed by atoms with E-state index in [2.05, 4.69) is 58.7 Å². The summed E-state index contributed by atoms with van der Waals surface area (Å²) < 4.78 is 0. The molecule has 0 fully saturated rings. The standard InChI is InChI=1S/C13H21N/c1-9(2)12-8-11(13(4,5)6)7-10(3)14-12/h7-9H,1-6H3. The van der Waals surface area contributed by atoms with Crippen LogP contribution in [0.15, 0.2) is 12.1 Å². The number of aryl methyl sites for hydroxylation is 1. The average Bonchev–Trinajstić information content (AvgIpc) is 2.01. The zero-order valence-electron chi connectivity index (χ0n) is 10.2. The lowest BCUT2D eigenvalue weighted by Gasteiger charge is -2.21. The maximum Gasteiger partial charge on any atom is 0.0435 e. The number of rotatable bonds is 1. The summed E-state index contributed by atoms with van der Waals surface area (Å²) in [5.41, 5.74) is 3.93. The Morgan fingerprint density at radius 2 is 1.71 bits per heavy atom. The predicted molar refractivity (Wildman–Crippen MR) is 61.8 cm³/mol. The Bertz CT molecular complexity index is 318. The van der Waals surface area contributed by atoms with Crippen molar-refractivity contribution in [1.82, 2.24) is 4.98 Å². The van der Waals surface area contributed by atoms with Crippen molar-refractivity contribution in [1.29, 1.82) is 0 Å². The minimum absolute atomic E-state index is 0.220. The molecule has 0 bridgehead atoms. The first-order valence-corrected chi connectivity index (χ1v) is 5.30. The molecule has 0 amide bonds. The highest BCUT2D eigenvalue weighted by Crippen LogP contribution is 2.25. The van der Waals surface area contributed by atoms with Crippen LogP contribution in [0.5, 0.6) is 0 Å². The van der Waals surface area contributed by atoms with Crippen LogP contribution in [0.25, 0.3) is 0 Å². The fourth-order valence-corrected chi connectivity index (χ4v) is 1.42. The lowest BCUT2D eigenvalue weighted by molar-refractivity contribution is 0.585. The third-order valence-corrected chi connectivity index (χ3v) is 2.43. The number of hydrogen-bond donors (Lipinski definition) is 0. The highest BCUT2D eigenvalue weighted by Gasteiger charge is 2.15. The van der Waals surface area contributed by atoms with E-state index in [1.165, 1.54) is 11.3 Å². The van der Waals surface area contributed by atoms with E-state index in [-0.39, 0.29) is 5.41 Å². The van der Waals surface area contributed by atoms with Crippen molar-refractivity contribution in [2.24, 2.45) is 0 Å². The molecule has 0 aliphatic rings. The quantitative estimate of drug-likeness (QED) is 0.657. The summed E-state index contributed by atoms with van der Waals surface area (Å²) in [5.74, 6) is 0.510. The van der Waals surface area contributed by atoms with Gasteiger partial charge in [0.2, 0.25) is 0 Å². The number of hydrogen-bond acceptors (Lipinski definition) is 1. The Balaban J connectivity index is 3.21. The molecule has 0 unspecified atom stereocenters. The molecule has 1 aromatic heterocycles. The van der Waals surface area contributed by atoms with Crippen molar-refractivity contribution >= 4 is 0 Å². The minimum atomic E-state index is 0.220. The van der Waals surface area contributed by atoms with Crippen molar-refractivity contribution in [3.05, 3.63) is 29.1 Å². The third kappa shape index (κ3) is 2.57. The maximum atomic E-state index is 4.55. The second-order valence-corrected chi connectivity index (χ2v) is 5.33. The van der Waals surface area contributed by atoms with Gasteiger partial charge in [0.15, 0.2) is 0 Å². The van der Waals surface area contributed by atoms with Gasteiger partial charge in [-0.3, -0.25) is 4.98 Å². The molecule has 0 radical (unpaired) electrons. The van der Waals surface area contributed by atoms with E-state index >= 15 is 0 Å². The largest absolute Gasteiger partial charge is 0.258 e. The van der Waals surface area contributed by atoms with E-state index < -0.39 is 0 Å². The molecule has 0 aromatic carbocycles. The molecule has 0 N–H and O–H groups in total. The molecular weight excluding hydrogens is 170 g/mol. The number of nitrogens with zero attached hydrogens (tertiary/aromatic N) is 1. The molecule has 1 rings (SSSR count). The Kier molecular flexibility index (Phi) is 2.98. The summed E-state index contributed by atoms with van der Waals surface area (Å²) in [6, 6.07) is 4.42. The third-order valence-electron chi connectivity index (χ3n) is 2.43. The fraction of sp³-hybridized carbons (Fsp3) is 0.615. The highest BCUT2D eigenvalue weighted by molar-refractivity contribution is 5.28. The SMILES string of the molecule is Cc1cc(C(C)(C)C)cc(C(C)C)n1. The van der Waals surface area contributed by atoms with Crippen molar-refractivity contribution in [3.63, 3.8) is 0 Å². The minimum Gasteiger partial charge on any atom is -0.258 e. The van der Waals surface area contributed by atoms with Gasteiger partial charge in [0, 0.05) is 11.4 Å². The average molecular weight is 191 g/mol. The van der Waals surface area contributed by atoms with Crippen molar-refractivity contribution in [2.45, 2.75) is 52.9 Å². The fourth-order valence-electron chi connectivity index (χ4n) is 1.42. The van der Waals surface area contributed by atoms with E-state index in [0.29, 0.717) is 5.92 Å². The Labute approximate surface area is 87.6 Å². The second-order valence-electron chi connectivity index (χ2n) is 5.33. The zero-order valence-corrected chi connectivity index (χ0v) is 10.2. The van der Waals surface area contributed by atoms with Gasteiger partial charge in [0.25, 0.3) is 0 Å². The molecule has 0 atom stereocenters. The van der Waals surface area contributed by atoms with Crippen LogP contribution in [0, 0.1) is 6.92 Å². The van der Waals surface area contributed by atoms with Crippen LogP contribution in [-0.4, -0.2) is 4.98 Å². The van der Waals surface area contributed by atoms with Crippen LogP contribution in [0.1, 0.15) is 57.5 Å². The molecule has 0 aliphatic heterocycles. The Hall–Kier alpha value is -0.850. The smallest absolute Gasteiger partial charge is 0.0435 e. The lowest BCUT2D eigenvalue weighted by atomic mass is 9.86. The summed E-state index contributed by atoms with van der Waals surface area (Å²) in [4.78, 5) is 4.55. The van der Waals surface area contributed by atoms with Gasteiger partial charge in [-0.05, 0) is 36.0 Å². The van der Waals surface area contributed by atoms with E-state index in [1.54, 1.807) is 0 Å². The van der Waals surface area contributed by atoms with Crippen LogP contribution in [0.2, 0.25) is 0 Å². The lowest BCUT2D eigenvalue weighted by Crippen LogP contribution is -2.13. The highest BCUT2D eigenvalue weighted by atomic mass is 14.7. The van der Waals surface area contributed by atoms with E-state index in [4.69, 9.17) is 0 Å². The second kappa shape index (κ2) is 3.72. The Morgan fingerprint density at radius 1 is 1.14 bits per heavy atom. The first kappa shape index (κ1) is 11.2. The van der Waals surface area contributed by atoms with Crippen LogP contribution in [0.3, 0.4) is 0 Å². The van der Waals surface area contributed by atoms with Crippen LogP contribution in [-0.2, 0) is 5.41 Å². The molecular formula is C13H21N. The van der Waals surface area contributed by atoms with Gasteiger partial charge in [-0.1, -0.05) is 34.6 Å². The van der Waals surface area contributed by atoms with Gasteiger partial charge in [0.05, 0.1) is 0 Å². The first-order valence-electron chi connectivity index (χ1n) is 5.30. The van der Waals surface area contributed by atoms with Crippen LogP contribution >= 0.6 is 0 Å². The summed E-state index contributed by atoms with van der Waals surface area (Å²) in [7, 11) is 0. The van der Waals surface area contributed by atoms with E-state index in [1.807, 2.05) is 0 Å². The van der Waals surface area contributed by atoms with E-state index in [9.17, 15) is 0 Å². The summed E-state index contributed by atoms with van der Waals surface area (Å²) in [5, 5.41) is 0.